The molecule has 4 aromatic rings. The van der Waals surface area contributed by atoms with Gasteiger partial charge in [0.05, 0.1) is 6.04 Å². The van der Waals surface area contributed by atoms with Gasteiger partial charge in [-0.2, -0.15) is 0 Å². The van der Waals surface area contributed by atoms with Crippen molar-refractivity contribution in [3.8, 4) is 11.1 Å². The zero-order valence-corrected chi connectivity index (χ0v) is 20.9. The van der Waals surface area contributed by atoms with Crippen LogP contribution in [0, 0.1) is 13.8 Å². The van der Waals surface area contributed by atoms with Crippen LogP contribution in [0.4, 0.5) is 4.79 Å². The minimum absolute atomic E-state index is 0.134. The Morgan fingerprint density at radius 3 is 2.73 bits per heavy atom. The Morgan fingerprint density at radius 2 is 1.92 bits per heavy atom. The Labute approximate surface area is 214 Å². The van der Waals surface area contributed by atoms with Crippen molar-refractivity contribution in [3.63, 3.8) is 0 Å². The maximum Gasteiger partial charge on any atom is 0.407 e. The molecule has 2 aliphatic rings. The van der Waals surface area contributed by atoms with Crippen molar-refractivity contribution in [2.24, 2.45) is 0 Å². The quantitative estimate of drug-likeness (QED) is 0.427. The lowest BCUT2D eigenvalue weighted by atomic mass is 9.86. The standard InChI is InChI=1S/C28H28N6O3/c1-16-12-29-26-21(16)11-20(13-30-26)19-9-18-5-7-33(27(35)24-8-17(2)31-15-32-24)14-23(18)22(10-19)25-4-3-6-34(25)28(36)37/h8-13,15,25H,3-7,14H2,1-2H3,(H,29,30)(H,36,37)/t25-/m0/s1. The maximum absolute atomic E-state index is 13.3. The van der Waals surface area contributed by atoms with Gasteiger partial charge >= 0.3 is 6.09 Å². The predicted molar refractivity (Wildman–Crippen MR) is 138 cm³/mol. The van der Waals surface area contributed by atoms with Gasteiger partial charge in [0.15, 0.2) is 0 Å². The molecular weight excluding hydrogens is 468 g/mol. The first-order chi connectivity index (χ1) is 17.9. The van der Waals surface area contributed by atoms with Gasteiger partial charge in [-0.15, -0.1) is 0 Å². The normalized spacial score (nSPS) is 17.3. The van der Waals surface area contributed by atoms with Crippen LogP contribution in [-0.4, -0.2) is 59.9 Å². The number of aryl methyl sites for hydroxylation is 2. The number of hydrogen-bond donors (Lipinski definition) is 2. The second kappa shape index (κ2) is 8.99. The van der Waals surface area contributed by atoms with E-state index in [9.17, 15) is 14.7 Å². The zero-order chi connectivity index (χ0) is 25.7. The number of aromatic amines is 1. The number of rotatable bonds is 3. The lowest BCUT2D eigenvalue weighted by Gasteiger charge is -2.33. The van der Waals surface area contributed by atoms with Crippen molar-refractivity contribution in [1.82, 2.24) is 29.7 Å². The number of pyridine rings is 1. The fraction of sp³-hybridized carbons (Fsp3) is 0.321. The smallest absolute Gasteiger partial charge is 0.407 e. The van der Waals surface area contributed by atoms with Crippen LogP contribution in [0.2, 0.25) is 0 Å². The molecule has 0 saturated carbocycles. The largest absolute Gasteiger partial charge is 0.465 e. The van der Waals surface area contributed by atoms with Crippen molar-refractivity contribution in [1.29, 1.82) is 0 Å². The summed E-state index contributed by atoms with van der Waals surface area (Å²) in [5.41, 5.74) is 8.29. The van der Waals surface area contributed by atoms with E-state index in [1.165, 1.54) is 11.2 Å². The van der Waals surface area contributed by atoms with Crippen LogP contribution in [0.25, 0.3) is 22.2 Å². The molecule has 2 aliphatic heterocycles. The van der Waals surface area contributed by atoms with Gasteiger partial charge in [0, 0.05) is 48.7 Å². The van der Waals surface area contributed by atoms with Gasteiger partial charge in [0.2, 0.25) is 0 Å². The summed E-state index contributed by atoms with van der Waals surface area (Å²) >= 11 is 0. The van der Waals surface area contributed by atoms with Crippen molar-refractivity contribution in [2.45, 2.75) is 45.7 Å². The van der Waals surface area contributed by atoms with Crippen LogP contribution < -0.4 is 0 Å². The Hall–Kier alpha value is -4.27. The summed E-state index contributed by atoms with van der Waals surface area (Å²) in [6, 6.07) is 7.89. The highest BCUT2D eigenvalue weighted by Crippen LogP contribution is 2.40. The Kier molecular flexibility index (Phi) is 5.62. The summed E-state index contributed by atoms with van der Waals surface area (Å²) in [5, 5.41) is 11.0. The van der Waals surface area contributed by atoms with Crippen molar-refractivity contribution < 1.29 is 14.7 Å². The van der Waals surface area contributed by atoms with E-state index in [0.717, 1.165) is 62.9 Å². The van der Waals surface area contributed by atoms with Gasteiger partial charge < -0.3 is 19.9 Å². The van der Waals surface area contributed by atoms with Gasteiger partial charge in [-0.1, -0.05) is 6.07 Å². The van der Waals surface area contributed by atoms with Crippen LogP contribution in [0.5, 0.6) is 0 Å². The molecule has 2 amide bonds. The monoisotopic (exact) mass is 496 g/mol. The average molecular weight is 497 g/mol. The molecular formula is C28H28N6O3. The molecule has 5 heterocycles. The lowest BCUT2D eigenvalue weighted by Crippen LogP contribution is -2.38. The fourth-order valence-corrected chi connectivity index (χ4v) is 5.68. The number of amides is 2. The van der Waals surface area contributed by atoms with Gasteiger partial charge in [-0.05, 0) is 79.1 Å². The molecule has 37 heavy (non-hydrogen) atoms. The molecule has 1 aromatic carbocycles. The molecule has 0 bridgehead atoms. The molecule has 9 heteroatoms. The summed E-state index contributed by atoms with van der Waals surface area (Å²) in [7, 11) is 0. The number of nitrogens with zero attached hydrogens (tertiary/aromatic N) is 5. The Morgan fingerprint density at radius 1 is 1.05 bits per heavy atom. The Bertz CT molecular complexity index is 1540. The lowest BCUT2D eigenvalue weighted by molar-refractivity contribution is 0.0726. The minimum atomic E-state index is -0.909. The van der Waals surface area contributed by atoms with Gasteiger partial charge in [0.1, 0.15) is 17.7 Å². The summed E-state index contributed by atoms with van der Waals surface area (Å²) in [6.45, 7) is 5.39. The number of nitrogens with one attached hydrogen (secondary N) is 1. The number of carboxylic acid groups (broad SMARTS) is 1. The van der Waals surface area contributed by atoms with Crippen LogP contribution in [0.15, 0.2) is 43.0 Å². The number of carbonyl (C=O) groups excluding carboxylic acids is 1. The van der Waals surface area contributed by atoms with Crippen molar-refractivity contribution in [3.05, 3.63) is 76.6 Å². The summed E-state index contributed by atoms with van der Waals surface area (Å²) in [4.78, 5) is 44.8. The third kappa shape index (κ3) is 4.10. The highest BCUT2D eigenvalue weighted by atomic mass is 16.4. The molecule has 1 saturated heterocycles. The van der Waals surface area contributed by atoms with E-state index in [-0.39, 0.29) is 11.9 Å². The van der Waals surface area contributed by atoms with E-state index in [1.54, 1.807) is 6.07 Å². The molecule has 188 valence electrons. The van der Waals surface area contributed by atoms with Gasteiger partial charge in [-0.3, -0.25) is 4.79 Å². The van der Waals surface area contributed by atoms with Crippen LogP contribution in [0.3, 0.4) is 0 Å². The van der Waals surface area contributed by atoms with E-state index in [4.69, 9.17) is 0 Å². The van der Waals surface area contributed by atoms with Crippen LogP contribution in [-0.2, 0) is 13.0 Å². The Balaban J connectivity index is 1.44. The molecule has 6 rings (SSSR count). The molecule has 3 aromatic heterocycles. The number of likely N-dealkylation sites (tertiary alicyclic amines) is 1. The second-order valence-corrected chi connectivity index (χ2v) is 9.95. The van der Waals surface area contributed by atoms with E-state index in [2.05, 4.69) is 45.1 Å². The molecule has 1 fully saturated rings. The summed E-state index contributed by atoms with van der Waals surface area (Å²) in [6.07, 6.45) is 6.58. The molecule has 0 spiro atoms. The molecule has 0 radical (unpaired) electrons. The maximum atomic E-state index is 13.3. The minimum Gasteiger partial charge on any atom is -0.465 e. The van der Waals surface area contributed by atoms with Crippen LogP contribution in [0.1, 0.15) is 57.3 Å². The first-order valence-electron chi connectivity index (χ1n) is 12.6. The highest BCUT2D eigenvalue weighted by molar-refractivity contribution is 5.92. The predicted octanol–water partition coefficient (Wildman–Crippen LogP) is 4.65. The number of benzene rings is 1. The van der Waals surface area contributed by atoms with Crippen molar-refractivity contribution >= 4 is 23.0 Å². The third-order valence-electron chi connectivity index (χ3n) is 7.62. The zero-order valence-electron chi connectivity index (χ0n) is 20.9. The summed E-state index contributed by atoms with van der Waals surface area (Å²) in [5.74, 6) is -0.134. The number of carbonyl (C=O) groups is 2. The summed E-state index contributed by atoms with van der Waals surface area (Å²) < 4.78 is 0. The van der Waals surface area contributed by atoms with Gasteiger partial charge in [0.25, 0.3) is 5.91 Å². The van der Waals surface area contributed by atoms with E-state index < -0.39 is 6.09 Å². The highest BCUT2D eigenvalue weighted by Gasteiger charge is 2.34. The number of aromatic nitrogens is 4. The van der Waals surface area contributed by atoms with E-state index >= 15 is 0 Å². The number of H-pyrrole nitrogens is 1. The molecule has 0 unspecified atom stereocenters. The van der Waals surface area contributed by atoms with E-state index in [1.807, 2.05) is 24.2 Å². The second-order valence-electron chi connectivity index (χ2n) is 9.95. The first-order valence-corrected chi connectivity index (χ1v) is 12.6. The van der Waals surface area contributed by atoms with Gasteiger partial charge in [-0.25, -0.2) is 19.7 Å². The van der Waals surface area contributed by atoms with Crippen LogP contribution >= 0.6 is 0 Å². The van der Waals surface area contributed by atoms with Crippen molar-refractivity contribution in [2.75, 3.05) is 13.1 Å². The number of hydrogen-bond acceptors (Lipinski definition) is 5. The third-order valence-corrected chi connectivity index (χ3v) is 7.62. The fourth-order valence-electron chi connectivity index (χ4n) is 5.68. The topological polar surface area (TPSA) is 115 Å². The SMILES string of the molecule is Cc1cc(C(=O)N2CCc3cc(-c4cnc5[nH]cc(C)c5c4)cc([C@@H]4CCCN4C(=O)O)c3C2)ncn1. The first kappa shape index (κ1) is 23.1. The molecule has 1 atom stereocenters. The molecule has 9 nitrogen and oxygen atoms in total. The molecule has 0 aliphatic carbocycles. The molecule has 2 N–H and O–H groups in total. The average Bonchev–Trinajstić information content (AvgIpc) is 3.54. The number of fused-ring (bicyclic) bond motifs is 2. The van der Waals surface area contributed by atoms with E-state index in [0.29, 0.717) is 31.7 Å².